The van der Waals surface area contributed by atoms with Gasteiger partial charge in [0.2, 0.25) is 5.91 Å². The number of H-pyrrole nitrogens is 2. The number of nitrogens with one attached hydrogen (secondary N) is 3. The van der Waals surface area contributed by atoms with Crippen molar-refractivity contribution in [2.75, 3.05) is 5.32 Å². The number of aromatic nitrogens is 6. The number of rotatable bonds is 6. The summed E-state index contributed by atoms with van der Waals surface area (Å²) >= 11 is 0. The molecule has 41 heavy (non-hydrogen) atoms. The molecule has 5 aromatic heterocycles. The second kappa shape index (κ2) is 10.6. The van der Waals surface area contributed by atoms with Crippen LogP contribution in [0, 0.1) is 11.7 Å². The van der Waals surface area contributed by atoms with Crippen LogP contribution in [-0.2, 0) is 4.79 Å². The largest absolute Gasteiger partial charge is 0.353 e. The summed E-state index contributed by atoms with van der Waals surface area (Å²) in [6.07, 6.45) is 13.3. The average molecular weight is 546 g/mol. The number of amides is 1. The van der Waals surface area contributed by atoms with E-state index >= 15 is 0 Å². The number of carbonyl (C=O) groups is 1. The van der Waals surface area contributed by atoms with Crippen molar-refractivity contribution >= 4 is 33.5 Å². The van der Waals surface area contributed by atoms with Crippen LogP contribution in [0.15, 0.2) is 73.3 Å². The minimum absolute atomic E-state index is 0.0320. The highest BCUT2D eigenvalue weighted by atomic mass is 19.1. The Balaban J connectivity index is 1.20. The van der Waals surface area contributed by atoms with Gasteiger partial charge in [0.1, 0.15) is 5.82 Å². The first-order valence-corrected chi connectivity index (χ1v) is 13.9. The molecule has 3 N–H and O–H groups in total. The molecule has 1 amide bonds. The van der Waals surface area contributed by atoms with Gasteiger partial charge in [-0.05, 0) is 55.2 Å². The van der Waals surface area contributed by atoms with Crippen molar-refractivity contribution in [1.29, 1.82) is 0 Å². The van der Waals surface area contributed by atoms with Crippen LogP contribution in [0.2, 0.25) is 0 Å². The van der Waals surface area contributed by atoms with Gasteiger partial charge in [-0.2, -0.15) is 5.10 Å². The van der Waals surface area contributed by atoms with Crippen LogP contribution in [0.1, 0.15) is 38.5 Å². The normalized spacial score (nSPS) is 14.1. The van der Waals surface area contributed by atoms with Crippen LogP contribution in [-0.4, -0.2) is 36.0 Å². The van der Waals surface area contributed by atoms with Gasteiger partial charge in [-0.1, -0.05) is 31.4 Å². The van der Waals surface area contributed by atoms with Crippen LogP contribution in [0.5, 0.6) is 0 Å². The maximum absolute atomic E-state index is 14.6. The predicted molar refractivity (Wildman–Crippen MR) is 157 cm³/mol. The van der Waals surface area contributed by atoms with Crippen molar-refractivity contribution in [3.8, 4) is 33.8 Å². The third kappa shape index (κ3) is 4.95. The second-order valence-electron chi connectivity index (χ2n) is 10.7. The molecule has 1 saturated carbocycles. The number of aromatic amines is 2. The topological polar surface area (TPSA) is 112 Å². The number of hydrogen-bond acceptors (Lipinski definition) is 5. The molecule has 1 aliphatic carbocycles. The highest BCUT2D eigenvalue weighted by Crippen LogP contribution is 2.35. The number of benzene rings is 1. The Hall–Kier alpha value is -4.92. The number of anilines is 1. The Kier molecular flexibility index (Phi) is 6.47. The first kappa shape index (κ1) is 25.1. The number of nitrogens with zero attached hydrogens (tertiary/aromatic N) is 4. The molecule has 0 saturated heterocycles. The third-order valence-corrected chi connectivity index (χ3v) is 7.91. The lowest BCUT2D eigenvalue weighted by molar-refractivity contribution is -0.117. The molecule has 6 aromatic rings. The van der Waals surface area contributed by atoms with Crippen molar-refractivity contribution < 1.29 is 9.18 Å². The van der Waals surface area contributed by atoms with Gasteiger partial charge < -0.3 is 10.3 Å². The fourth-order valence-electron chi connectivity index (χ4n) is 5.85. The highest BCUT2D eigenvalue weighted by molar-refractivity contribution is 6.00. The fraction of sp³-hybridized carbons (Fsp3) is 0.219. The molecular formula is C32H28FN7O. The summed E-state index contributed by atoms with van der Waals surface area (Å²) in [5.41, 5.74) is 6.31. The van der Waals surface area contributed by atoms with E-state index in [4.69, 9.17) is 0 Å². The lowest BCUT2D eigenvalue weighted by atomic mass is 9.87. The van der Waals surface area contributed by atoms with Crippen molar-refractivity contribution in [2.45, 2.75) is 38.5 Å². The summed E-state index contributed by atoms with van der Waals surface area (Å²) in [4.78, 5) is 29.5. The maximum Gasteiger partial charge on any atom is 0.224 e. The molecule has 0 bridgehead atoms. The molecule has 0 atom stereocenters. The summed E-state index contributed by atoms with van der Waals surface area (Å²) in [5.74, 6) is 0.177. The molecule has 9 heteroatoms. The molecular weight excluding hydrogens is 517 g/mol. The smallest absolute Gasteiger partial charge is 0.224 e. The average Bonchev–Trinajstić information content (AvgIpc) is 3.62. The van der Waals surface area contributed by atoms with E-state index in [-0.39, 0.29) is 11.7 Å². The van der Waals surface area contributed by atoms with E-state index < -0.39 is 0 Å². The lowest BCUT2D eigenvalue weighted by Crippen LogP contribution is -2.18. The van der Waals surface area contributed by atoms with E-state index in [2.05, 4.69) is 35.5 Å². The van der Waals surface area contributed by atoms with E-state index in [1.165, 1.54) is 25.3 Å². The number of hydrogen-bond donors (Lipinski definition) is 3. The monoisotopic (exact) mass is 545 g/mol. The Labute approximate surface area is 235 Å². The summed E-state index contributed by atoms with van der Waals surface area (Å²) in [7, 11) is 0. The van der Waals surface area contributed by atoms with Crippen molar-refractivity contribution in [3.63, 3.8) is 0 Å². The molecule has 0 aliphatic heterocycles. The zero-order valence-corrected chi connectivity index (χ0v) is 22.3. The second-order valence-corrected chi connectivity index (χ2v) is 10.7. The van der Waals surface area contributed by atoms with Gasteiger partial charge >= 0.3 is 0 Å². The molecule has 1 fully saturated rings. The number of halogens is 1. The summed E-state index contributed by atoms with van der Waals surface area (Å²) in [5, 5.41) is 12.2. The number of fused-ring (bicyclic) bond motifs is 2. The molecule has 7 rings (SSSR count). The third-order valence-electron chi connectivity index (χ3n) is 7.91. The molecule has 5 heterocycles. The zero-order valence-electron chi connectivity index (χ0n) is 22.3. The van der Waals surface area contributed by atoms with E-state index in [1.54, 1.807) is 43.0 Å². The molecule has 8 nitrogen and oxygen atoms in total. The van der Waals surface area contributed by atoms with Crippen LogP contribution >= 0.6 is 0 Å². The summed E-state index contributed by atoms with van der Waals surface area (Å²) < 4.78 is 14.6. The van der Waals surface area contributed by atoms with Gasteiger partial charge in [0, 0.05) is 58.0 Å². The van der Waals surface area contributed by atoms with E-state index in [0.717, 1.165) is 51.6 Å². The highest BCUT2D eigenvalue weighted by Gasteiger charge is 2.19. The lowest BCUT2D eigenvalue weighted by Gasteiger charge is -2.20. The number of pyridine rings is 3. The molecule has 1 aromatic carbocycles. The Morgan fingerprint density at radius 2 is 1.80 bits per heavy atom. The van der Waals surface area contributed by atoms with Crippen LogP contribution in [0.4, 0.5) is 10.1 Å². The molecule has 1 aliphatic rings. The first-order chi connectivity index (χ1) is 20.1. The molecule has 0 unspecified atom stereocenters. The van der Waals surface area contributed by atoms with E-state index in [0.29, 0.717) is 34.9 Å². The molecule has 0 spiro atoms. The Bertz CT molecular complexity index is 1890. The first-order valence-electron chi connectivity index (χ1n) is 13.9. The summed E-state index contributed by atoms with van der Waals surface area (Å²) in [6, 6.07) is 14.4. The fourth-order valence-corrected chi connectivity index (χ4v) is 5.85. The van der Waals surface area contributed by atoms with Gasteiger partial charge in [-0.3, -0.25) is 19.9 Å². The summed E-state index contributed by atoms with van der Waals surface area (Å²) in [6.45, 7) is 0. The Morgan fingerprint density at radius 1 is 0.951 bits per heavy atom. The zero-order chi connectivity index (χ0) is 27.8. The van der Waals surface area contributed by atoms with Gasteiger partial charge in [0.05, 0.1) is 29.0 Å². The Morgan fingerprint density at radius 3 is 2.68 bits per heavy atom. The van der Waals surface area contributed by atoms with Crippen LogP contribution < -0.4 is 5.32 Å². The molecule has 0 radical (unpaired) electrons. The van der Waals surface area contributed by atoms with Gasteiger partial charge in [-0.15, -0.1) is 0 Å². The van der Waals surface area contributed by atoms with Gasteiger partial charge in [-0.25, -0.2) is 9.37 Å². The van der Waals surface area contributed by atoms with Gasteiger partial charge in [0.25, 0.3) is 0 Å². The maximum atomic E-state index is 14.6. The predicted octanol–water partition coefficient (Wildman–Crippen LogP) is 7.28. The van der Waals surface area contributed by atoms with Crippen molar-refractivity contribution in [2.24, 2.45) is 5.92 Å². The van der Waals surface area contributed by atoms with E-state index in [1.807, 2.05) is 24.3 Å². The van der Waals surface area contributed by atoms with Crippen molar-refractivity contribution in [3.05, 3.63) is 79.1 Å². The molecule has 204 valence electrons. The minimum atomic E-state index is -0.322. The SMILES string of the molecule is O=C(CC1CCCCC1)Nc1cncc(-c2cnc3n[nH]c(-c4cc5c(-c6ccccc6F)nccc5[nH]4)c3c2)c1. The number of carbonyl (C=O) groups excluding carboxylic acids is 1. The minimum Gasteiger partial charge on any atom is -0.353 e. The van der Waals surface area contributed by atoms with Crippen molar-refractivity contribution in [1.82, 2.24) is 30.1 Å². The quantitative estimate of drug-likeness (QED) is 0.204. The van der Waals surface area contributed by atoms with E-state index in [9.17, 15) is 9.18 Å². The van der Waals surface area contributed by atoms with Crippen LogP contribution in [0.3, 0.4) is 0 Å². The standard InChI is InChI=1S/C32H28FN7O/c33-26-9-5-4-8-23(26)30-24-15-28(38-27(24)10-11-35-30)31-25-14-21(17-36-32(25)40-39-31)20-13-22(18-34-16-20)37-29(41)12-19-6-2-1-3-7-19/h4-5,8-11,13-19,38H,1-3,6-7,12H2,(H,37,41)(H,36,39,40). The van der Waals surface area contributed by atoms with Crippen LogP contribution in [0.25, 0.3) is 55.7 Å². The van der Waals surface area contributed by atoms with Gasteiger partial charge in [0.15, 0.2) is 5.65 Å².